The molecule has 0 radical (unpaired) electrons. The van der Waals surface area contributed by atoms with Crippen LogP contribution < -0.4 is 15.8 Å². The highest BCUT2D eigenvalue weighted by Gasteiger charge is 2.25. The standard InChI is InChI=1S/C13H18N2O3S/c1-8(19-10-6-18-7-10)13(16)15-11-5-9(14)3-4-12(11)17-2/h3-5,8,10H,6-7,14H2,1-2H3,(H,15,16). The van der Waals surface area contributed by atoms with Gasteiger partial charge in [0.25, 0.3) is 0 Å². The van der Waals surface area contributed by atoms with Gasteiger partial charge in [0.1, 0.15) is 5.75 Å². The molecule has 1 atom stereocenters. The van der Waals surface area contributed by atoms with E-state index in [2.05, 4.69) is 5.32 Å². The number of benzene rings is 1. The Hall–Kier alpha value is -1.40. The summed E-state index contributed by atoms with van der Waals surface area (Å²) in [5.74, 6) is 0.549. The zero-order chi connectivity index (χ0) is 13.8. The summed E-state index contributed by atoms with van der Waals surface area (Å²) in [7, 11) is 1.56. The van der Waals surface area contributed by atoms with Gasteiger partial charge >= 0.3 is 0 Å². The highest BCUT2D eigenvalue weighted by atomic mass is 32.2. The number of nitrogens with one attached hydrogen (secondary N) is 1. The average molecular weight is 282 g/mol. The lowest BCUT2D eigenvalue weighted by Crippen LogP contribution is -2.34. The number of anilines is 2. The molecule has 1 heterocycles. The van der Waals surface area contributed by atoms with E-state index in [1.54, 1.807) is 37.1 Å². The van der Waals surface area contributed by atoms with Crippen molar-refractivity contribution in [2.75, 3.05) is 31.4 Å². The summed E-state index contributed by atoms with van der Waals surface area (Å²) < 4.78 is 10.3. The van der Waals surface area contributed by atoms with Crippen molar-refractivity contribution < 1.29 is 14.3 Å². The Morgan fingerprint density at radius 1 is 1.58 bits per heavy atom. The third-order valence-electron chi connectivity index (χ3n) is 2.85. The van der Waals surface area contributed by atoms with Crippen LogP contribution in [0.25, 0.3) is 0 Å². The maximum absolute atomic E-state index is 12.1. The number of methoxy groups -OCH3 is 1. The lowest BCUT2D eigenvalue weighted by Gasteiger charge is -2.27. The van der Waals surface area contributed by atoms with Gasteiger partial charge in [-0.2, -0.15) is 0 Å². The van der Waals surface area contributed by atoms with Crippen molar-refractivity contribution in [2.45, 2.75) is 17.4 Å². The zero-order valence-electron chi connectivity index (χ0n) is 11.0. The van der Waals surface area contributed by atoms with Crippen LogP contribution in [0.5, 0.6) is 5.75 Å². The van der Waals surface area contributed by atoms with Crippen LogP contribution in [-0.4, -0.2) is 36.7 Å². The SMILES string of the molecule is COc1ccc(N)cc1NC(=O)C(C)SC1COC1. The smallest absolute Gasteiger partial charge is 0.237 e. The molecule has 0 aliphatic carbocycles. The summed E-state index contributed by atoms with van der Waals surface area (Å²) >= 11 is 1.62. The van der Waals surface area contributed by atoms with Crippen molar-refractivity contribution >= 4 is 29.0 Å². The monoisotopic (exact) mass is 282 g/mol. The Kier molecular flexibility index (Phi) is 4.55. The van der Waals surface area contributed by atoms with E-state index in [0.29, 0.717) is 22.4 Å². The van der Waals surface area contributed by atoms with Crippen LogP contribution >= 0.6 is 11.8 Å². The van der Waals surface area contributed by atoms with Crippen molar-refractivity contribution in [2.24, 2.45) is 0 Å². The fraction of sp³-hybridized carbons (Fsp3) is 0.462. The predicted molar refractivity (Wildman–Crippen MR) is 77.7 cm³/mol. The van der Waals surface area contributed by atoms with Crippen LogP contribution in [0.1, 0.15) is 6.92 Å². The number of nitrogen functional groups attached to an aromatic ring is 1. The van der Waals surface area contributed by atoms with Gasteiger partial charge in [0.05, 0.1) is 36.5 Å². The van der Waals surface area contributed by atoms with Gasteiger partial charge in [0.15, 0.2) is 0 Å². The fourth-order valence-corrected chi connectivity index (χ4v) is 2.81. The lowest BCUT2D eigenvalue weighted by molar-refractivity contribution is -0.115. The molecule has 5 nitrogen and oxygen atoms in total. The summed E-state index contributed by atoms with van der Waals surface area (Å²) in [6, 6.07) is 5.17. The van der Waals surface area contributed by atoms with Gasteiger partial charge in [-0.25, -0.2) is 0 Å². The summed E-state index contributed by atoms with van der Waals surface area (Å²) in [4.78, 5) is 12.1. The second-order valence-electron chi connectivity index (χ2n) is 4.39. The molecule has 1 aromatic rings. The molecule has 19 heavy (non-hydrogen) atoms. The maximum atomic E-state index is 12.1. The van der Waals surface area contributed by atoms with Crippen LogP contribution in [0.4, 0.5) is 11.4 Å². The Morgan fingerprint density at radius 3 is 2.89 bits per heavy atom. The molecule has 6 heteroatoms. The molecule has 3 N–H and O–H groups in total. The first-order valence-electron chi connectivity index (χ1n) is 6.07. The Labute approximate surface area is 116 Å². The van der Waals surface area contributed by atoms with Crippen LogP contribution in [-0.2, 0) is 9.53 Å². The van der Waals surface area contributed by atoms with Gasteiger partial charge in [-0.15, -0.1) is 11.8 Å². The molecule has 0 aromatic heterocycles. The second-order valence-corrected chi connectivity index (χ2v) is 6.03. The first-order chi connectivity index (χ1) is 9.10. The Morgan fingerprint density at radius 2 is 2.32 bits per heavy atom. The van der Waals surface area contributed by atoms with Crippen LogP contribution in [0.3, 0.4) is 0 Å². The van der Waals surface area contributed by atoms with Crippen LogP contribution in [0.2, 0.25) is 0 Å². The van der Waals surface area contributed by atoms with Gasteiger partial charge in [-0.1, -0.05) is 0 Å². The Balaban J connectivity index is 1.98. The number of carbonyl (C=O) groups excluding carboxylic acids is 1. The fourth-order valence-electron chi connectivity index (χ4n) is 1.70. The number of amides is 1. The van der Waals surface area contributed by atoms with E-state index in [-0.39, 0.29) is 11.2 Å². The number of carbonyl (C=O) groups is 1. The first kappa shape index (κ1) is 14.0. The van der Waals surface area contributed by atoms with Crippen molar-refractivity contribution in [3.05, 3.63) is 18.2 Å². The van der Waals surface area contributed by atoms with Gasteiger partial charge in [0.2, 0.25) is 5.91 Å². The molecule has 0 bridgehead atoms. The third kappa shape index (κ3) is 3.54. The van der Waals surface area contributed by atoms with Crippen LogP contribution in [0.15, 0.2) is 18.2 Å². The maximum Gasteiger partial charge on any atom is 0.237 e. The number of hydrogen-bond acceptors (Lipinski definition) is 5. The molecule has 104 valence electrons. The van der Waals surface area contributed by atoms with Crippen molar-refractivity contribution in [1.29, 1.82) is 0 Å². The van der Waals surface area contributed by atoms with E-state index in [9.17, 15) is 4.79 Å². The van der Waals surface area contributed by atoms with Gasteiger partial charge in [-0.3, -0.25) is 4.79 Å². The van der Waals surface area contributed by atoms with Crippen molar-refractivity contribution in [1.82, 2.24) is 0 Å². The number of rotatable bonds is 5. The van der Waals surface area contributed by atoms with Crippen molar-refractivity contribution in [3.8, 4) is 5.75 Å². The summed E-state index contributed by atoms with van der Waals surface area (Å²) in [5, 5.41) is 3.13. The van der Waals surface area contributed by atoms with Crippen LogP contribution in [0, 0.1) is 0 Å². The summed E-state index contributed by atoms with van der Waals surface area (Å²) in [6.07, 6.45) is 0. The molecule has 1 aromatic carbocycles. The summed E-state index contributed by atoms with van der Waals surface area (Å²) in [6.45, 7) is 3.34. The third-order valence-corrected chi connectivity index (χ3v) is 4.13. The molecule has 0 saturated carbocycles. The first-order valence-corrected chi connectivity index (χ1v) is 7.02. The lowest BCUT2D eigenvalue weighted by atomic mass is 10.2. The highest BCUT2D eigenvalue weighted by molar-refractivity contribution is 8.01. The minimum atomic E-state index is -0.139. The minimum absolute atomic E-state index is 0.0548. The molecular weight excluding hydrogens is 264 g/mol. The molecule has 1 aliphatic heterocycles. The van der Waals surface area contributed by atoms with Gasteiger partial charge < -0.3 is 20.5 Å². The normalized spacial score (nSPS) is 16.5. The zero-order valence-corrected chi connectivity index (χ0v) is 11.8. The number of hydrogen-bond donors (Lipinski definition) is 2. The summed E-state index contributed by atoms with van der Waals surface area (Å²) in [5.41, 5.74) is 6.91. The van der Waals surface area contributed by atoms with E-state index >= 15 is 0 Å². The average Bonchev–Trinajstić information content (AvgIpc) is 2.33. The van der Waals surface area contributed by atoms with Gasteiger partial charge in [-0.05, 0) is 25.1 Å². The molecular formula is C13H18N2O3S. The van der Waals surface area contributed by atoms with E-state index in [1.807, 2.05) is 6.92 Å². The molecule has 1 amide bonds. The topological polar surface area (TPSA) is 73.6 Å². The van der Waals surface area contributed by atoms with E-state index in [0.717, 1.165) is 13.2 Å². The highest BCUT2D eigenvalue weighted by Crippen LogP contribution is 2.29. The quantitative estimate of drug-likeness (QED) is 0.805. The number of thioether (sulfide) groups is 1. The molecule has 2 rings (SSSR count). The molecule has 1 fully saturated rings. The minimum Gasteiger partial charge on any atom is -0.495 e. The Bertz CT molecular complexity index is 463. The molecule has 1 aliphatic rings. The van der Waals surface area contributed by atoms with E-state index in [1.165, 1.54) is 0 Å². The largest absolute Gasteiger partial charge is 0.495 e. The number of ether oxygens (including phenoxy) is 2. The van der Waals surface area contributed by atoms with E-state index in [4.69, 9.17) is 15.2 Å². The molecule has 1 saturated heterocycles. The second kappa shape index (κ2) is 6.16. The number of nitrogens with two attached hydrogens (primary N) is 1. The van der Waals surface area contributed by atoms with E-state index < -0.39 is 0 Å². The predicted octanol–water partition coefficient (Wildman–Crippen LogP) is 1.74. The van der Waals surface area contributed by atoms with Gasteiger partial charge in [0, 0.05) is 5.69 Å². The molecule has 0 spiro atoms. The molecule has 1 unspecified atom stereocenters. The van der Waals surface area contributed by atoms with Crippen molar-refractivity contribution in [3.63, 3.8) is 0 Å².